The molecule has 120 valence electrons. The SMILES string of the molecule is Cc1nn(CC(O)CNCCOCCO)c(C)c1[N+](=O)[O-]. The van der Waals surface area contributed by atoms with E-state index >= 15 is 0 Å². The highest BCUT2D eigenvalue weighted by molar-refractivity contribution is 5.39. The fourth-order valence-electron chi connectivity index (χ4n) is 1.97. The first-order chi connectivity index (χ1) is 9.97. The zero-order chi connectivity index (χ0) is 15.8. The van der Waals surface area contributed by atoms with Crippen molar-refractivity contribution in [1.82, 2.24) is 15.1 Å². The van der Waals surface area contributed by atoms with Crippen LogP contribution in [0.1, 0.15) is 11.4 Å². The number of aliphatic hydroxyl groups is 2. The molecule has 0 spiro atoms. The normalized spacial score (nSPS) is 12.6. The number of hydrogen-bond acceptors (Lipinski definition) is 7. The maximum absolute atomic E-state index is 10.9. The molecule has 1 rings (SSSR count). The number of aromatic nitrogens is 2. The average Bonchev–Trinajstić information content (AvgIpc) is 2.68. The van der Waals surface area contributed by atoms with Gasteiger partial charge in [0, 0.05) is 13.1 Å². The Kier molecular flexibility index (Phi) is 7.23. The smallest absolute Gasteiger partial charge is 0.312 e. The van der Waals surface area contributed by atoms with Gasteiger partial charge in [0.25, 0.3) is 0 Å². The van der Waals surface area contributed by atoms with Crippen molar-refractivity contribution in [2.24, 2.45) is 0 Å². The Morgan fingerprint density at radius 2 is 2.19 bits per heavy atom. The maximum atomic E-state index is 10.9. The van der Waals surface area contributed by atoms with Crippen LogP contribution in [0.25, 0.3) is 0 Å². The van der Waals surface area contributed by atoms with Gasteiger partial charge < -0.3 is 20.3 Å². The van der Waals surface area contributed by atoms with Crippen LogP contribution in [0.2, 0.25) is 0 Å². The summed E-state index contributed by atoms with van der Waals surface area (Å²) in [6.07, 6.45) is -0.708. The minimum atomic E-state index is -0.708. The Morgan fingerprint density at radius 3 is 2.76 bits per heavy atom. The first kappa shape index (κ1) is 17.5. The molecule has 0 aliphatic carbocycles. The van der Waals surface area contributed by atoms with Crippen LogP contribution in [0.3, 0.4) is 0 Å². The van der Waals surface area contributed by atoms with Gasteiger partial charge in [0.2, 0.25) is 0 Å². The molecular formula is C12H22N4O5. The van der Waals surface area contributed by atoms with E-state index < -0.39 is 11.0 Å². The van der Waals surface area contributed by atoms with E-state index in [-0.39, 0.29) is 18.8 Å². The van der Waals surface area contributed by atoms with E-state index in [4.69, 9.17) is 9.84 Å². The van der Waals surface area contributed by atoms with Crippen LogP contribution >= 0.6 is 0 Å². The molecule has 9 heteroatoms. The molecule has 1 unspecified atom stereocenters. The summed E-state index contributed by atoms with van der Waals surface area (Å²) in [5, 5.41) is 36.4. The summed E-state index contributed by atoms with van der Waals surface area (Å²) in [7, 11) is 0. The van der Waals surface area contributed by atoms with Crippen LogP contribution in [-0.2, 0) is 11.3 Å². The lowest BCUT2D eigenvalue weighted by atomic mass is 10.3. The topological polar surface area (TPSA) is 123 Å². The highest BCUT2D eigenvalue weighted by Crippen LogP contribution is 2.21. The summed E-state index contributed by atoms with van der Waals surface area (Å²) < 4.78 is 6.51. The second-order valence-corrected chi connectivity index (χ2v) is 4.65. The van der Waals surface area contributed by atoms with E-state index in [2.05, 4.69) is 10.4 Å². The van der Waals surface area contributed by atoms with Crippen LogP contribution < -0.4 is 5.32 Å². The van der Waals surface area contributed by atoms with E-state index in [0.29, 0.717) is 37.7 Å². The van der Waals surface area contributed by atoms with Crippen molar-refractivity contribution in [3.63, 3.8) is 0 Å². The molecule has 0 saturated heterocycles. The average molecular weight is 302 g/mol. The van der Waals surface area contributed by atoms with Gasteiger partial charge in [0.15, 0.2) is 0 Å². The van der Waals surface area contributed by atoms with Gasteiger partial charge >= 0.3 is 5.69 Å². The number of ether oxygens (including phenoxy) is 1. The molecule has 1 atom stereocenters. The van der Waals surface area contributed by atoms with E-state index in [0.717, 1.165) is 0 Å². The van der Waals surface area contributed by atoms with Gasteiger partial charge in [-0.05, 0) is 13.8 Å². The monoisotopic (exact) mass is 302 g/mol. The summed E-state index contributed by atoms with van der Waals surface area (Å²) in [4.78, 5) is 10.4. The Morgan fingerprint density at radius 1 is 1.48 bits per heavy atom. The fraction of sp³-hybridized carbons (Fsp3) is 0.750. The molecule has 0 radical (unpaired) electrons. The quantitative estimate of drug-likeness (QED) is 0.299. The van der Waals surface area contributed by atoms with Gasteiger partial charge in [-0.1, -0.05) is 0 Å². The molecule has 0 saturated carbocycles. The zero-order valence-corrected chi connectivity index (χ0v) is 12.3. The highest BCUT2D eigenvalue weighted by Gasteiger charge is 2.22. The number of nitrogens with one attached hydrogen (secondary N) is 1. The van der Waals surface area contributed by atoms with Gasteiger partial charge in [-0.2, -0.15) is 5.10 Å². The molecule has 0 aliphatic heterocycles. The number of aliphatic hydroxyl groups excluding tert-OH is 2. The third-order valence-electron chi connectivity index (χ3n) is 2.95. The molecule has 21 heavy (non-hydrogen) atoms. The van der Waals surface area contributed by atoms with Gasteiger partial charge in [0.05, 0.1) is 37.4 Å². The van der Waals surface area contributed by atoms with Crippen molar-refractivity contribution >= 4 is 5.69 Å². The van der Waals surface area contributed by atoms with Crippen LogP contribution in [-0.4, -0.2) is 63.9 Å². The summed E-state index contributed by atoms with van der Waals surface area (Å²) in [5.74, 6) is 0. The summed E-state index contributed by atoms with van der Waals surface area (Å²) >= 11 is 0. The zero-order valence-electron chi connectivity index (χ0n) is 12.3. The molecule has 1 aromatic rings. The molecule has 0 fully saturated rings. The molecule has 0 bridgehead atoms. The van der Waals surface area contributed by atoms with E-state index in [1.54, 1.807) is 13.8 Å². The lowest BCUT2D eigenvalue weighted by Crippen LogP contribution is -2.33. The summed E-state index contributed by atoms with van der Waals surface area (Å²) in [5.41, 5.74) is 0.769. The second kappa shape index (κ2) is 8.67. The number of hydrogen-bond donors (Lipinski definition) is 3. The summed E-state index contributed by atoms with van der Waals surface area (Å²) in [6, 6.07) is 0. The molecule has 0 aromatic carbocycles. The molecular weight excluding hydrogens is 280 g/mol. The predicted molar refractivity (Wildman–Crippen MR) is 75.1 cm³/mol. The van der Waals surface area contributed by atoms with E-state index in [1.165, 1.54) is 4.68 Å². The van der Waals surface area contributed by atoms with E-state index in [1.807, 2.05) is 0 Å². The summed E-state index contributed by atoms with van der Waals surface area (Å²) in [6.45, 7) is 4.97. The lowest BCUT2D eigenvalue weighted by Gasteiger charge is -2.12. The Labute approximate surface area is 122 Å². The fourth-order valence-corrected chi connectivity index (χ4v) is 1.97. The second-order valence-electron chi connectivity index (χ2n) is 4.65. The third-order valence-corrected chi connectivity index (χ3v) is 2.95. The molecule has 9 nitrogen and oxygen atoms in total. The molecule has 3 N–H and O–H groups in total. The van der Waals surface area contributed by atoms with Gasteiger partial charge in [-0.25, -0.2) is 0 Å². The standard InChI is InChI=1S/C12H22N4O5/c1-9-12(16(19)20)10(2)15(14-9)8-11(18)7-13-3-5-21-6-4-17/h11,13,17-18H,3-8H2,1-2H3. The molecule has 0 aliphatic rings. The highest BCUT2D eigenvalue weighted by atomic mass is 16.6. The van der Waals surface area contributed by atoms with Crippen molar-refractivity contribution in [3.05, 3.63) is 21.5 Å². The molecule has 0 amide bonds. The van der Waals surface area contributed by atoms with Crippen molar-refractivity contribution < 1.29 is 19.9 Å². The minimum Gasteiger partial charge on any atom is -0.394 e. The first-order valence-corrected chi connectivity index (χ1v) is 6.73. The Balaban J connectivity index is 2.40. The van der Waals surface area contributed by atoms with Crippen molar-refractivity contribution in [2.45, 2.75) is 26.5 Å². The van der Waals surface area contributed by atoms with E-state index in [9.17, 15) is 15.2 Å². The van der Waals surface area contributed by atoms with Gasteiger partial charge in [-0.15, -0.1) is 0 Å². The van der Waals surface area contributed by atoms with Crippen molar-refractivity contribution in [2.75, 3.05) is 32.9 Å². The first-order valence-electron chi connectivity index (χ1n) is 6.73. The van der Waals surface area contributed by atoms with Gasteiger partial charge in [-0.3, -0.25) is 14.8 Å². The van der Waals surface area contributed by atoms with Crippen LogP contribution in [0.5, 0.6) is 0 Å². The largest absolute Gasteiger partial charge is 0.394 e. The number of nitro groups is 1. The molecule has 1 aromatic heterocycles. The van der Waals surface area contributed by atoms with Crippen LogP contribution in [0, 0.1) is 24.0 Å². The number of nitrogens with zero attached hydrogens (tertiary/aromatic N) is 3. The van der Waals surface area contributed by atoms with Crippen LogP contribution in [0.4, 0.5) is 5.69 Å². The Hall–Kier alpha value is -1.55. The molecule has 1 heterocycles. The van der Waals surface area contributed by atoms with Crippen LogP contribution in [0.15, 0.2) is 0 Å². The Bertz CT molecular complexity index is 463. The predicted octanol–water partition coefficient (Wildman–Crippen LogP) is -0.632. The maximum Gasteiger partial charge on any atom is 0.312 e. The minimum absolute atomic E-state index is 0.00689. The lowest BCUT2D eigenvalue weighted by molar-refractivity contribution is -0.386. The number of rotatable bonds is 10. The van der Waals surface area contributed by atoms with Gasteiger partial charge in [0.1, 0.15) is 11.4 Å². The number of aryl methyl sites for hydroxylation is 1. The third kappa shape index (κ3) is 5.38. The van der Waals surface area contributed by atoms with Crippen molar-refractivity contribution in [1.29, 1.82) is 0 Å². The van der Waals surface area contributed by atoms with Crippen molar-refractivity contribution in [3.8, 4) is 0 Å².